The minimum Gasteiger partial charge on any atom is -0.444 e. The molecule has 2 amide bonds. The van der Waals surface area contributed by atoms with Crippen LogP contribution in [0.5, 0.6) is 0 Å². The first kappa shape index (κ1) is 24.5. The zero-order valence-corrected chi connectivity index (χ0v) is 19.9. The summed E-state index contributed by atoms with van der Waals surface area (Å²) in [6.45, 7) is 6.71. The summed E-state index contributed by atoms with van der Waals surface area (Å²) in [4.78, 5) is 38.6. The first-order valence-electron chi connectivity index (χ1n) is 11.7. The van der Waals surface area contributed by atoms with Crippen molar-refractivity contribution in [1.29, 1.82) is 0 Å². The molecule has 0 spiro atoms. The van der Waals surface area contributed by atoms with Crippen LogP contribution in [0.4, 0.5) is 10.5 Å². The van der Waals surface area contributed by atoms with Crippen molar-refractivity contribution in [2.75, 3.05) is 18.4 Å². The molecule has 3 rings (SSSR count). The number of fused-ring (bicyclic) bond motifs is 1. The molecule has 0 radical (unpaired) electrons. The molecule has 1 heterocycles. The van der Waals surface area contributed by atoms with Gasteiger partial charge in [0.25, 0.3) is 0 Å². The van der Waals surface area contributed by atoms with E-state index in [1.54, 1.807) is 11.0 Å². The lowest BCUT2D eigenvalue weighted by molar-refractivity contribution is -0.116. The Kier molecular flexibility index (Phi) is 8.26. The van der Waals surface area contributed by atoms with Crippen molar-refractivity contribution in [3.63, 3.8) is 0 Å². The number of benzene rings is 2. The fraction of sp³-hybridized carbons (Fsp3) is 0.444. The van der Waals surface area contributed by atoms with Crippen molar-refractivity contribution in [3.05, 3.63) is 65.2 Å². The molecular formula is C27H34N2O4. The minimum atomic E-state index is -0.552. The largest absolute Gasteiger partial charge is 0.444 e. The van der Waals surface area contributed by atoms with Crippen molar-refractivity contribution in [2.24, 2.45) is 0 Å². The van der Waals surface area contributed by atoms with Crippen LogP contribution in [-0.2, 0) is 22.4 Å². The van der Waals surface area contributed by atoms with Crippen LogP contribution in [-0.4, -0.2) is 41.4 Å². The van der Waals surface area contributed by atoms with Crippen molar-refractivity contribution in [2.45, 2.75) is 64.9 Å². The van der Waals surface area contributed by atoms with Gasteiger partial charge >= 0.3 is 6.09 Å². The SMILES string of the molecule is CC(C)(C)OC(=O)N(CCCCC(=O)c1ccc2c(c1)CCC(=O)N2)CCc1ccccc1. The number of rotatable bonds is 9. The van der Waals surface area contributed by atoms with E-state index >= 15 is 0 Å². The summed E-state index contributed by atoms with van der Waals surface area (Å²) in [6.07, 6.45) is 3.39. The van der Waals surface area contributed by atoms with Gasteiger partial charge in [0.2, 0.25) is 5.91 Å². The van der Waals surface area contributed by atoms with Gasteiger partial charge in [0.15, 0.2) is 5.78 Å². The fourth-order valence-corrected chi connectivity index (χ4v) is 3.82. The number of nitrogens with one attached hydrogen (secondary N) is 1. The number of aryl methyl sites for hydroxylation is 1. The second kappa shape index (κ2) is 11.1. The van der Waals surface area contributed by atoms with Gasteiger partial charge in [-0.2, -0.15) is 0 Å². The molecule has 0 saturated carbocycles. The summed E-state index contributed by atoms with van der Waals surface area (Å²) in [7, 11) is 0. The smallest absolute Gasteiger partial charge is 0.410 e. The average Bonchev–Trinajstić information content (AvgIpc) is 2.77. The number of ketones is 1. The molecule has 0 unspecified atom stereocenters. The zero-order valence-electron chi connectivity index (χ0n) is 19.9. The van der Waals surface area contributed by atoms with Crippen molar-refractivity contribution in [1.82, 2.24) is 4.90 Å². The van der Waals surface area contributed by atoms with Crippen LogP contribution in [0, 0.1) is 0 Å². The molecule has 1 aliphatic heterocycles. The number of unbranched alkanes of at least 4 members (excludes halogenated alkanes) is 1. The summed E-state index contributed by atoms with van der Waals surface area (Å²) in [5.74, 6) is 0.103. The van der Waals surface area contributed by atoms with Crippen molar-refractivity contribution < 1.29 is 19.1 Å². The normalized spacial score (nSPS) is 13.1. The highest BCUT2D eigenvalue weighted by molar-refractivity contribution is 5.98. The maximum absolute atomic E-state index is 12.7. The lowest BCUT2D eigenvalue weighted by Gasteiger charge is -2.27. The topological polar surface area (TPSA) is 75.7 Å². The fourth-order valence-electron chi connectivity index (χ4n) is 3.82. The number of carbonyl (C=O) groups is 3. The summed E-state index contributed by atoms with van der Waals surface area (Å²) in [5.41, 5.74) is 3.11. The maximum atomic E-state index is 12.7. The molecule has 0 atom stereocenters. The first-order chi connectivity index (χ1) is 15.7. The van der Waals surface area contributed by atoms with E-state index in [0.29, 0.717) is 44.3 Å². The van der Waals surface area contributed by atoms with E-state index in [9.17, 15) is 14.4 Å². The van der Waals surface area contributed by atoms with Crippen LogP contribution in [0.2, 0.25) is 0 Å². The van der Waals surface area contributed by atoms with Gasteiger partial charge in [0.05, 0.1) is 0 Å². The lowest BCUT2D eigenvalue weighted by atomic mass is 9.97. The Bertz CT molecular complexity index is 979. The van der Waals surface area contributed by atoms with Gasteiger partial charge in [-0.05, 0) is 75.8 Å². The van der Waals surface area contributed by atoms with Gasteiger partial charge in [-0.25, -0.2) is 4.79 Å². The van der Waals surface area contributed by atoms with Crippen LogP contribution in [0.15, 0.2) is 48.5 Å². The van der Waals surface area contributed by atoms with Crippen LogP contribution < -0.4 is 5.32 Å². The predicted octanol–water partition coefficient (Wildman–Crippen LogP) is 5.40. The molecule has 0 saturated heterocycles. The van der Waals surface area contributed by atoms with Gasteiger partial charge in [-0.1, -0.05) is 30.3 Å². The lowest BCUT2D eigenvalue weighted by Crippen LogP contribution is -2.38. The number of hydrogen-bond donors (Lipinski definition) is 1. The Balaban J connectivity index is 1.51. The second-order valence-electron chi connectivity index (χ2n) is 9.50. The molecule has 0 aromatic heterocycles. The van der Waals surface area contributed by atoms with Crippen LogP contribution >= 0.6 is 0 Å². The standard InChI is InChI=1S/C27H34N2O4/c1-27(2,3)33-26(32)29(18-16-20-9-5-4-6-10-20)17-8-7-11-24(30)22-12-14-23-21(19-22)13-15-25(31)28-23/h4-6,9-10,12,14,19H,7-8,11,13,15-18H2,1-3H3,(H,28,31). The highest BCUT2D eigenvalue weighted by Crippen LogP contribution is 2.24. The van der Waals surface area contributed by atoms with E-state index in [4.69, 9.17) is 4.74 Å². The summed E-state index contributed by atoms with van der Waals surface area (Å²) < 4.78 is 5.59. The molecule has 2 aromatic rings. The Morgan fingerprint density at radius 2 is 1.76 bits per heavy atom. The van der Waals surface area contributed by atoms with Crippen molar-refractivity contribution in [3.8, 4) is 0 Å². The van der Waals surface area contributed by atoms with Gasteiger partial charge in [0, 0.05) is 37.2 Å². The van der Waals surface area contributed by atoms with Gasteiger partial charge < -0.3 is 15.0 Å². The van der Waals surface area contributed by atoms with E-state index < -0.39 is 5.60 Å². The maximum Gasteiger partial charge on any atom is 0.410 e. The molecule has 1 N–H and O–H groups in total. The molecule has 6 nitrogen and oxygen atoms in total. The number of anilines is 1. The number of carbonyl (C=O) groups excluding carboxylic acids is 3. The minimum absolute atomic E-state index is 0.0170. The van der Waals surface area contributed by atoms with E-state index in [1.807, 2.05) is 51.1 Å². The molecule has 0 fully saturated rings. The number of nitrogens with zero attached hydrogens (tertiary/aromatic N) is 1. The van der Waals surface area contributed by atoms with Crippen LogP contribution in [0.25, 0.3) is 0 Å². The molecule has 6 heteroatoms. The molecule has 0 bridgehead atoms. The third-order valence-electron chi connectivity index (χ3n) is 5.57. The summed E-state index contributed by atoms with van der Waals surface area (Å²) in [5, 5.41) is 2.84. The quantitative estimate of drug-likeness (QED) is 0.410. The predicted molar refractivity (Wildman–Crippen MR) is 130 cm³/mol. The molecule has 33 heavy (non-hydrogen) atoms. The molecule has 1 aliphatic rings. The van der Waals surface area contributed by atoms with E-state index in [2.05, 4.69) is 17.4 Å². The van der Waals surface area contributed by atoms with E-state index in [0.717, 1.165) is 24.1 Å². The third kappa shape index (κ3) is 7.74. The monoisotopic (exact) mass is 450 g/mol. The van der Waals surface area contributed by atoms with Gasteiger partial charge in [0.1, 0.15) is 5.60 Å². The first-order valence-corrected chi connectivity index (χ1v) is 11.7. The zero-order chi connectivity index (χ0) is 23.8. The van der Waals surface area contributed by atoms with Crippen LogP contribution in [0.3, 0.4) is 0 Å². The summed E-state index contributed by atoms with van der Waals surface area (Å²) in [6, 6.07) is 15.6. The molecule has 0 aliphatic carbocycles. The van der Waals surface area contributed by atoms with Gasteiger partial charge in [-0.3, -0.25) is 9.59 Å². The number of amides is 2. The Labute approximate surface area is 196 Å². The second-order valence-corrected chi connectivity index (χ2v) is 9.50. The third-order valence-corrected chi connectivity index (χ3v) is 5.57. The molecule has 176 valence electrons. The number of Topliss-reactive ketones (excluding diaryl/α,β-unsaturated/α-hetero) is 1. The Hall–Kier alpha value is -3.15. The number of hydrogen-bond acceptors (Lipinski definition) is 4. The molecule has 2 aromatic carbocycles. The highest BCUT2D eigenvalue weighted by atomic mass is 16.6. The Morgan fingerprint density at radius 3 is 2.48 bits per heavy atom. The van der Waals surface area contributed by atoms with Crippen molar-refractivity contribution >= 4 is 23.5 Å². The van der Waals surface area contributed by atoms with E-state index in [1.165, 1.54) is 5.56 Å². The van der Waals surface area contributed by atoms with Crippen LogP contribution in [0.1, 0.15) is 67.9 Å². The average molecular weight is 451 g/mol. The van der Waals surface area contributed by atoms with E-state index in [-0.39, 0.29) is 17.8 Å². The number of ether oxygens (including phenoxy) is 1. The van der Waals surface area contributed by atoms with Gasteiger partial charge in [-0.15, -0.1) is 0 Å². The molecular weight excluding hydrogens is 416 g/mol. The Morgan fingerprint density at radius 1 is 1.00 bits per heavy atom. The highest BCUT2D eigenvalue weighted by Gasteiger charge is 2.22. The summed E-state index contributed by atoms with van der Waals surface area (Å²) >= 11 is 0.